The largest absolute Gasteiger partial charge is 0.484 e. The molecule has 5 heteroatoms. The molecular formula is C28H36N4O. The number of rotatable bonds is 9. The Balaban J connectivity index is 1.81. The monoisotopic (exact) mass is 444 g/mol. The fourth-order valence-corrected chi connectivity index (χ4v) is 4.60. The summed E-state index contributed by atoms with van der Waals surface area (Å²) in [4.78, 5) is 2.42. The van der Waals surface area contributed by atoms with E-state index in [0.29, 0.717) is 18.5 Å². The van der Waals surface area contributed by atoms with Gasteiger partial charge in [-0.05, 0) is 70.1 Å². The lowest BCUT2D eigenvalue weighted by Gasteiger charge is -2.44. The highest BCUT2D eigenvalue weighted by Gasteiger charge is 2.35. The molecule has 0 bridgehead atoms. The summed E-state index contributed by atoms with van der Waals surface area (Å²) in [6.45, 7) is 6.65. The highest BCUT2D eigenvalue weighted by molar-refractivity contribution is 5.59. The van der Waals surface area contributed by atoms with Crippen molar-refractivity contribution in [3.63, 3.8) is 0 Å². The standard InChI is InChI=1S/C28H36N4O/c1-4-5-9-22(2)28(31-3)15-18-32(19-16-28)25-12-6-7-13-27(25)33-26(14-17-29)24-11-8-10-23(20-24)21-30/h4-13,20,26,31H,14-19,29H2,1-3H3/b5-4-,22-9+. The van der Waals surface area contributed by atoms with Gasteiger partial charge in [-0.2, -0.15) is 5.26 Å². The summed E-state index contributed by atoms with van der Waals surface area (Å²) in [5, 5.41) is 12.9. The molecule has 1 aliphatic heterocycles. The Kier molecular flexibility index (Phi) is 8.71. The van der Waals surface area contributed by atoms with Crippen molar-refractivity contribution < 1.29 is 4.74 Å². The summed E-state index contributed by atoms with van der Waals surface area (Å²) in [6.07, 6.45) is 8.93. The first-order valence-corrected chi connectivity index (χ1v) is 11.8. The van der Waals surface area contributed by atoms with Crippen LogP contribution in [0.1, 0.15) is 50.3 Å². The van der Waals surface area contributed by atoms with Gasteiger partial charge in [-0.1, -0.05) is 48.1 Å². The van der Waals surface area contributed by atoms with E-state index < -0.39 is 0 Å². The molecule has 5 nitrogen and oxygen atoms in total. The number of allylic oxidation sites excluding steroid dienone is 3. The zero-order valence-corrected chi connectivity index (χ0v) is 20.1. The van der Waals surface area contributed by atoms with Crippen molar-refractivity contribution in [2.75, 3.05) is 31.6 Å². The zero-order chi connectivity index (χ0) is 23.7. The van der Waals surface area contributed by atoms with Gasteiger partial charge in [0.2, 0.25) is 0 Å². The third-order valence-corrected chi connectivity index (χ3v) is 6.68. The molecule has 0 amide bonds. The van der Waals surface area contributed by atoms with E-state index >= 15 is 0 Å². The van der Waals surface area contributed by atoms with Crippen molar-refractivity contribution in [2.24, 2.45) is 5.73 Å². The van der Waals surface area contributed by atoms with E-state index in [9.17, 15) is 5.26 Å². The Labute approximate surface area is 198 Å². The van der Waals surface area contributed by atoms with Crippen LogP contribution in [0.25, 0.3) is 0 Å². The number of hydrogen-bond acceptors (Lipinski definition) is 5. The molecule has 0 spiro atoms. The maximum Gasteiger partial charge on any atom is 0.143 e. The van der Waals surface area contributed by atoms with Crippen molar-refractivity contribution in [2.45, 2.75) is 44.8 Å². The predicted molar refractivity (Wildman–Crippen MR) is 136 cm³/mol. The Hall–Kier alpha value is -3.07. The molecular weight excluding hydrogens is 408 g/mol. The maximum absolute atomic E-state index is 9.29. The van der Waals surface area contributed by atoms with Gasteiger partial charge >= 0.3 is 0 Å². The van der Waals surface area contributed by atoms with Gasteiger partial charge in [0.05, 0.1) is 17.3 Å². The zero-order valence-electron chi connectivity index (χ0n) is 20.1. The van der Waals surface area contributed by atoms with Crippen LogP contribution in [0.3, 0.4) is 0 Å². The third-order valence-electron chi connectivity index (χ3n) is 6.68. The first-order chi connectivity index (χ1) is 16.1. The van der Waals surface area contributed by atoms with Gasteiger partial charge in [0.25, 0.3) is 0 Å². The molecule has 1 heterocycles. The van der Waals surface area contributed by atoms with E-state index in [1.165, 1.54) is 5.57 Å². The average molecular weight is 445 g/mol. The van der Waals surface area contributed by atoms with E-state index in [0.717, 1.165) is 42.9 Å². The van der Waals surface area contributed by atoms with Crippen LogP contribution in [-0.4, -0.2) is 32.2 Å². The van der Waals surface area contributed by atoms with Crippen LogP contribution in [0.5, 0.6) is 5.75 Å². The van der Waals surface area contributed by atoms with E-state index in [2.05, 4.69) is 60.6 Å². The van der Waals surface area contributed by atoms with Gasteiger partial charge in [-0.25, -0.2) is 0 Å². The van der Waals surface area contributed by atoms with Crippen LogP contribution in [0.2, 0.25) is 0 Å². The fraction of sp³-hybridized carbons (Fsp3) is 0.393. The van der Waals surface area contributed by atoms with E-state index in [-0.39, 0.29) is 11.6 Å². The summed E-state index contributed by atoms with van der Waals surface area (Å²) in [6, 6.07) is 18.1. The number of nitrogens with zero attached hydrogens (tertiary/aromatic N) is 2. The molecule has 2 aromatic rings. The normalized spacial score (nSPS) is 17.1. The number of nitriles is 1. The van der Waals surface area contributed by atoms with Crippen LogP contribution in [0, 0.1) is 11.3 Å². The fourth-order valence-electron chi connectivity index (χ4n) is 4.60. The highest BCUT2D eigenvalue weighted by Crippen LogP contribution is 2.37. The summed E-state index contributed by atoms with van der Waals surface area (Å²) in [5.74, 6) is 0.858. The predicted octanol–water partition coefficient (Wildman–Crippen LogP) is 5.11. The summed E-state index contributed by atoms with van der Waals surface area (Å²) < 4.78 is 6.54. The number of nitrogens with two attached hydrogens (primary N) is 1. The summed E-state index contributed by atoms with van der Waals surface area (Å²) in [5.41, 5.74) is 10.0. The minimum atomic E-state index is -0.198. The van der Waals surface area contributed by atoms with Crippen LogP contribution in [0.15, 0.2) is 72.3 Å². The van der Waals surface area contributed by atoms with Gasteiger partial charge in [0.1, 0.15) is 11.9 Å². The molecule has 3 rings (SSSR count). The number of anilines is 1. The number of para-hydroxylation sites is 2. The van der Waals surface area contributed by atoms with Crippen molar-refractivity contribution in [1.29, 1.82) is 5.26 Å². The molecule has 174 valence electrons. The van der Waals surface area contributed by atoms with Gasteiger partial charge in [0, 0.05) is 25.0 Å². The van der Waals surface area contributed by atoms with E-state index in [1.807, 2.05) is 43.3 Å². The number of benzene rings is 2. The lowest BCUT2D eigenvalue weighted by Crippen LogP contribution is -2.53. The topological polar surface area (TPSA) is 74.3 Å². The molecule has 0 saturated carbocycles. The second-order valence-corrected chi connectivity index (χ2v) is 8.58. The lowest BCUT2D eigenvalue weighted by atomic mass is 9.81. The molecule has 1 saturated heterocycles. The van der Waals surface area contributed by atoms with Gasteiger partial charge < -0.3 is 20.7 Å². The van der Waals surface area contributed by atoms with Crippen LogP contribution < -0.4 is 20.7 Å². The van der Waals surface area contributed by atoms with Gasteiger partial charge in [0.15, 0.2) is 0 Å². The number of nitrogens with one attached hydrogen (secondary N) is 1. The quantitative estimate of drug-likeness (QED) is 0.526. The first kappa shape index (κ1) is 24.6. The molecule has 1 atom stereocenters. The van der Waals surface area contributed by atoms with Crippen molar-refractivity contribution in [3.8, 4) is 11.8 Å². The number of ether oxygens (including phenoxy) is 1. The van der Waals surface area contributed by atoms with Crippen LogP contribution in [-0.2, 0) is 0 Å². The Bertz CT molecular complexity index is 1010. The Morgan fingerprint density at radius 1 is 1.24 bits per heavy atom. The minimum absolute atomic E-state index is 0.0195. The molecule has 0 radical (unpaired) electrons. The minimum Gasteiger partial charge on any atom is -0.484 e. The van der Waals surface area contributed by atoms with Crippen molar-refractivity contribution >= 4 is 5.69 Å². The third kappa shape index (κ3) is 5.84. The van der Waals surface area contributed by atoms with Crippen LogP contribution >= 0.6 is 0 Å². The molecule has 0 aromatic heterocycles. The molecule has 3 N–H and O–H groups in total. The number of hydrogen-bond donors (Lipinski definition) is 2. The SMILES string of the molecule is C/C=C\C=C(/C)C1(NC)CCN(c2ccccc2OC(CCN)c2cccc(C#N)c2)CC1. The van der Waals surface area contributed by atoms with Crippen molar-refractivity contribution in [1.82, 2.24) is 5.32 Å². The van der Waals surface area contributed by atoms with Crippen molar-refractivity contribution in [3.05, 3.63) is 83.5 Å². The van der Waals surface area contributed by atoms with Gasteiger partial charge in [-0.15, -0.1) is 0 Å². The average Bonchev–Trinajstić information content (AvgIpc) is 2.87. The summed E-state index contributed by atoms with van der Waals surface area (Å²) in [7, 11) is 2.06. The molecule has 2 aromatic carbocycles. The van der Waals surface area contributed by atoms with Gasteiger partial charge in [-0.3, -0.25) is 0 Å². The second-order valence-electron chi connectivity index (χ2n) is 8.58. The molecule has 33 heavy (non-hydrogen) atoms. The Morgan fingerprint density at radius 3 is 2.67 bits per heavy atom. The smallest absolute Gasteiger partial charge is 0.143 e. The second kappa shape index (κ2) is 11.7. The molecule has 0 aliphatic carbocycles. The maximum atomic E-state index is 9.29. The van der Waals surface area contributed by atoms with E-state index in [4.69, 9.17) is 10.5 Å². The summed E-state index contributed by atoms with van der Waals surface area (Å²) >= 11 is 0. The lowest BCUT2D eigenvalue weighted by molar-refractivity contribution is 0.197. The first-order valence-electron chi connectivity index (χ1n) is 11.8. The van der Waals surface area contributed by atoms with Crippen LogP contribution in [0.4, 0.5) is 5.69 Å². The molecule has 1 fully saturated rings. The van der Waals surface area contributed by atoms with E-state index in [1.54, 1.807) is 0 Å². The highest BCUT2D eigenvalue weighted by atomic mass is 16.5. The molecule has 1 unspecified atom stereocenters. The molecule has 1 aliphatic rings. The number of piperidine rings is 1. The number of likely N-dealkylation sites (N-methyl/N-ethyl adjacent to an activating group) is 1. The Morgan fingerprint density at radius 2 is 2.00 bits per heavy atom.